The van der Waals surface area contributed by atoms with E-state index >= 15 is 0 Å². The quantitative estimate of drug-likeness (QED) is 0.866. The third kappa shape index (κ3) is 2.71. The van der Waals surface area contributed by atoms with Gasteiger partial charge in [0.05, 0.1) is 35.7 Å². The number of hydrogen-bond donors (Lipinski definition) is 0. The van der Waals surface area contributed by atoms with Crippen molar-refractivity contribution in [2.45, 2.75) is 37.8 Å². The van der Waals surface area contributed by atoms with Crippen molar-refractivity contribution in [3.63, 3.8) is 0 Å². The zero-order chi connectivity index (χ0) is 14.9. The van der Waals surface area contributed by atoms with Crippen LogP contribution < -0.4 is 0 Å². The van der Waals surface area contributed by atoms with E-state index in [0.717, 1.165) is 30.1 Å². The molecule has 2 fully saturated rings. The fourth-order valence-electron chi connectivity index (χ4n) is 3.39. The van der Waals surface area contributed by atoms with Gasteiger partial charge in [0, 0.05) is 11.9 Å². The highest BCUT2D eigenvalue weighted by Gasteiger charge is 2.38. The van der Waals surface area contributed by atoms with Crippen LogP contribution in [0.2, 0.25) is 0 Å². The van der Waals surface area contributed by atoms with Gasteiger partial charge in [-0.2, -0.15) is 0 Å². The summed E-state index contributed by atoms with van der Waals surface area (Å²) in [6.07, 6.45) is 4.00. The molecular weight excluding hydrogens is 316 g/mol. The highest BCUT2D eigenvalue weighted by molar-refractivity contribution is 7.20. The van der Waals surface area contributed by atoms with E-state index in [9.17, 15) is 4.79 Å². The van der Waals surface area contributed by atoms with E-state index in [4.69, 9.17) is 4.74 Å². The molecule has 2 aromatic heterocycles. The van der Waals surface area contributed by atoms with Crippen molar-refractivity contribution >= 4 is 28.6 Å². The molecule has 116 valence electrons. The normalized spacial score (nSPS) is 24.5. The molecule has 22 heavy (non-hydrogen) atoms. The van der Waals surface area contributed by atoms with Crippen LogP contribution in [0.25, 0.3) is 9.88 Å². The molecule has 0 bridgehead atoms. The minimum absolute atomic E-state index is 0.197. The molecule has 4 nitrogen and oxygen atoms in total. The maximum Gasteiger partial charge on any atom is 0.229 e. The molecular formula is C16H18N2O2S2. The number of morpholine rings is 1. The predicted molar refractivity (Wildman–Crippen MR) is 88.2 cm³/mol. The molecule has 1 saturated carbocycles. The van der Waals surface area contributed by atoms with Crippen LogP contribution >= 0.6 is 22.7 Å². The molecule has 1 aliphatic carbocycles. The van der Waals surface area contributed by atoms with Crippen molar-refractivity contribution in [3.8, 4) is 9.88 Å². The molecule has 0 N–H and O–H groups in total. The minimum Gasteiger partial charge on any atom is -0.374 e. The number of hydrogen-bond acceptors (Lipinski definition) is 5. The molecule has 2 aliphatic rings. The first-order chi connectivity index (χ1) is 10.8. The van der Waals surface area contributed by atoms with Gasteiger partial charge in [-0.3, -0.25) is 4.79 Å². The van der Waals surface area contributed by atoms with E-state index in [1.807, 2.05) is 16.3 Å². The minimum atomic E-state index is 0.197. The lowest BCUT2D eigenvalue weighted by Gasteiger charge is -2.37. The summed E-state index contributed by atoms with van der Waals surface area (Å²) in [5, 5.41) is 5.08. The summed E-state index contributed by atoms with van der Waals surface area (Å²) in [7, 11) is 0. The molecule has 1 aliphatic heterocycles. The molecule has 0 spiro atoms. The van der Waals surface area contributed by atoms with E-state index in [1.165, 1.54) is 11.3 Å². The monoisotopic (exact) mass is 334 g/mol. The van der Waals surface area contributed by atoms with Gasteiger partial charge in [0.15, 0.2) is 0 Å². The van der Waals surface area contributed by atoms with Gasteiger partial charge in [0.2, 0.25) is 5.91 Å². The summed E-state index contributed by atoms with van der Waals surface area (Å²) in [4.78, 5) is 20.5. The number of carbonyl (C=O) groups excluding carboxylic acids is 1. The van der Waals surface area contributed by atoms with Crippen LogP contribution in [0.3, 0.4) is 0 Å². The first-order valence-corrected chi connectivity index (χ1v) is 9.46. The molecule has 2 atom stereocenters. The van der Waals surface area contributed by atoms with Gasteiger partial charge in [0.1, 0.15) is 5.01 Å². The number of rotatable bonds is 3. The smallest absolute Gasteiger partial charge is 0.229 e. The first kappa shape index (κ1) is 14.4. The lowest BCUT2D eigenvalue weighted by atomic mass is 10.1. The Hall–Kier alpha value is -1.24. The summed E-state index contributed by atoms with van der Waals surface area (Å²) in [6, 6.07) is 4.39. The van der Waals surface area contributed by atoms with E-state index in [0.29, 0.717) is 13.0 Å². The van der Waals surface area contributed by atoms with E-state index in [-0.39, 0.29) is 18.1 Å². The number of thiazole rings is 1. The highest BCUT2D eigenvalue weighted by atomic mass is 32.1. The maximum absolute atomic E-state index is 12.6. The zero-order valence-corrected chi connectivity index (χ0v) is 13.9. The Labute approximate surface area is 137 Å². The van der Waals surface area contributed by atoms with Crippen molar-refractivity contribution in [1.29, 1.82) is 0 Å². The Morgan fingerprint density at radius 3 is 3.23 bits per heavy atom. The number of thiophene rings is 1. The van der Waals surface area contributed by atoms with Gasteiger partial charge in [-0.25, -0.2) is 4.98 Å². The van der Waals surface area contributed by atoms with Gasteiger partial charge in [-0.1, -0.05) is 6.07 Å². The lowest BCUT2D eigenvalue weighted by molar-refractivity contribution is -0.143. The van der Waals surface area contributed by atoms with Gasteiger partial charge < -0.3 is 9.64 Å². The lowest BCUT2D eigenvalue weighted by Crippen LogP contribution is -2.51. The maximum atomic E-state index is 12.6. The zero-order valence-electron chi connectivity index (χ0n) is 12.2. The Bertz CT molecular complexity index is 653. The van der Waals surface area contributed by atoms with Crippen LogP contribution in [-0.4, -0.2) is 41.1 Å². The number of nitrogens with zero attached hydrogens (tertiary/aromatic N) is 2. The second-order valence-electron chi connectivity index (χ2n) is 5.79. The molecule has 6 heteroatoms. The average molecular weight is 334 g/mol. The van der Waals surface area contributed by atoms with Gasteiger partial charge in [-0.05, 0) is 30.7 Å². The molecule has 0 unspecified atom stereocenters. The summed E-state index contributed by atoms with van der Waals surface area (Å²) in [6.45, 7) is 1.40. The predicted octanol–water partition coefficient (Wildman–Crippen LogP) is 3.19. The number of fused-ring (bicyclic) bond motifs is 1. The fraction of sp³-hybridized carbons (Fsp3) is 0.500. The summed E-state index contributed by atoms with van der Waals surface area (Å²) < 4.78 is 5.78. The molecule has 4 rings (SSSR count). The Balaban J connectivity index is 1.45. The Morgan fingerprint density at radius 2 is 2.36 bits per heavy atom. The second kappa shape index (κ2) is 6.10. The largest absolute Gasteiger partial charge is 0.374 e. The van der Waals surface area contributed by atoms with E-state index < -0.39 is 0 Å². The summed E-state index contributed by atoms with van der Waals surface area (Å²) >= 11 is 3.30. The second-order valence-corrected chi connectivity index (χ2v) is 7.60. The van der Waals surface area contributed by atoms with Crippen molar-refractivity contribution in [1.82, 2.24) is 9.88 Å². The number of ether oxygens (including phenoxy) is 1. The van der Waals surface area contributed by atoms with Crippen molar-refractivity contribution in [2.24, 2.45) is 0 Å². The molecule has 2 aromatic rings. The SMILES string of the molecule is O=C(Cc1csc(-c2cccs2)n1)N1CCO[C@H]2CCC[C@@H]21. The number of carbonyl (C=O) groups is 1. The molecule has 3 heterocycles. The summed E-state index contributed by atoms with van der Waals surface area (Å²) in [5.41, 5.74) is 0.888. The molecule has 0 aromatic carbocycles. The summed E-state index contributed by atoms with van der Waals surface area (Å²) in [5.74, 6) is 0.197. The van der Waals surface area contributed by atoms with Crippen LogP contribution in [0.1, 0.15) is 25.0 Å². The number of amides is 1. The van der Waals surface area contributed by atoms with E-state index in [2.05, 4.69) is 16.4 Å². The molecule has 0 radical (unpaired) electrons. The Kier molecular flexibility index (Phi) is 3.98. The van der Waals surface area contributed by atoms with Crippen LogP contribution in [-0.2, 0) is 16.0 Å². The van der Waals surface area contributed by atoms with Crippen LogP contribution in [0.4, 0.5) is 0 Å². The highest BCUT2D eigenvalue weighted by Crippen LogP contribution is 2.31. The van der Waals surface area contributed by atoms with Crippen molar-refractivity contribution in [2.75, 3.05) is 13.2 Å². The Morgan fingerprint density at radius 1 is 1.41 bits per heavy atom. The molecule has 1 saturated heterocycles. The van der Waals surface area contributed by atoms with Crippen LogP contribution in [0, 0.1) is 0 Å². The van der Waals surface area contributed by atoms with E-state index in [1.54, 1.807) is 22.7 Å². The van der Waals surface area contributed by atoms with Crippen molar-refractivity contribution < 1.29 is 9.53 Å². The fourth-order valence-corrected chi connectivity index (χ4v) is 5.03. The van der Waals surface area contributed by atoms with Crippen molar-refractivity contribution in [3.05, 3.63) is 28.6 Å². The number of aromatic nitrogens is 1. The van der Waals surface area contributed by atoms with Crippen LogP contribution in [0.5, 0.6) is 0 Å². The third-order valence-corrected chi connectivity index (χ3v) is 6.35. The van der Waals surface area contributed by atoms with Gasteiger partial charge >= 0.3 is 0 Å². The first-order valence-electron chi connectivity index (χ1n) is 7.70. The van der Waals surface area contributed by atoms with Gasteiger partial charge in [-0.15, -0.1) is 22.7 Å². The topological polar surface area (TPSA) is 42.4 Å². The van der Waals surface area contributed by atoms with Crippen LogP contribution in [0.15, 0.2) is 22.9 Å². The third-order valence-electron chi connectivity index (χ3n) is 4.42. The average Bonchev–Trinajstić information content (AvgIpc) is 3.27. The molecule has 1 amide bonds. The van der Waals surface area contributed by atoms with Gasteiger partial charge in [0.25, 0.3) is 0 Å². The standard InChI is InChI=1S/C16H18N2O2S2/c19-15(18-6-7-20-13-4-1-3-12(13)18)9-11-10-22-16(17-11)14-5-2-8-21-14/h2,5,8,10,12-13H,1,3-4,6-7,9H2/t12-,13-/m0/s1.